The van der Waals surface area contributed by atoms with E-state index in [4.69, 9.17) is 22.7 Å². The van der Waals surface area contributed by atoms with Gasteiger partial charge in [-0.1, -0.05) is 12.2 Å². The van der Waals surface area contributed by atoms with Crippen molar-refractivity contribution in [2.75, 3.05) is 27.3 Å². The first kappa shape index (κ1) is 17.3. The number of likely N-dealkylation sites (N-methyl/N-ethyl adjacent to an activating group) is 1. The molecule has 0 aliphatic heterocycles. The molecule has 0 aromatic carbocycles. The van der Waals surface area contributed by atoms with Gasteiger partial charge in [-0.25, -0.2) is 0 Å². The van der Waals surface area contributed by atoms with Crippen molar-refractivity contribution in [2.24, 2.45) is 5.73 Å². The van der Waals surface area contributed by atoms with Crippen LogP contribution in [0, 0.1) is 0 Å². The zero-order valence-corrected chi connectivity index (χ0v) is 12.5. The number of hydrogen-bond donors (Lipinski definition) is 2. The lowest BCUT2D eigenvalue weighted by atomic mass is 10.1. The van der Waals surface area contributed by atoms with Gasteiger partial charge in [-0.05, 0) is 27.3 Å². The first-order valence-corrected chi connectivity index (χ1v) is 6.57. The number of carbonyl (C=O) groups is 1. The van der Waals surface area contributed by atoms with Gasteiger partial charge in [0.2, 0.25) is 5.91 Å². The Labute approximate surface area is 115 Å². The van der Waals surface area contributed by atoms with E-state index < -0.39 is 0 Å². The highest BCUT2D eigenvalue weighted by Crippen LogP contribution is 2.06. The fourth-order valence-electron chi connectivity index (χ4n) is 1.58. The Morgan fingerprint density at radius 2 is 2.11 bits per heavy atom. The fourth-order valence-corrected chi connectivity index (χ4v) is 1.82. The summed E-state index contributed by atoms with van der Waals surface area (Å²) < 4.78 is 4.92. The van der Waals surface area contributed by atoms with Crippen molar-refractivity contribution in [1.29, 1.82) is 0 Å². The summed E-state index contributed by atoms with van der Waals surface area (Å²) in [6, 6.07) is -0.0425. The van der Waals surface area contributed by atoms with Gasteiger partial charge in [-0.2, -0.15) is 0 Å². The molecule has 0 bridgehead atoms. The Morgan fingerprint density at radius 3 is 2.61 bits per heavy atom. The summed E-state index contributed by atoms with van der Waals surface area (Å²) in [6.07, 6.45) is 1.44. The van der Waals surface area contributed by atoms with E-state index in [9.17, 15) is 4.79 Å². The van der Waals surface area contributed by atoms with Crippen molar-refractivity contribution in [3.63, 3.8) is 0 Å². The van der Waals surface area contributed by atoms with Crippen LogP contribution in [-0.4, -0.2) is 55.2 Å². The maximum Gasteiger partial charge on any atom is 0.237 e. The number of nitrogens with zero attached hydrogens (tertiary/aromatic N) is 1. The molecular formula is C12H25N3O2S. The maximum absolute atomic E-state index is 11.9. The standard InChI is InChI=1S/C12H25N3O2S/c1-9(8-11(13)18)15(3)10(2)12(16)14-6-5-7-17-4/h9-10H,5-8H2,1-4H3,(H2,13,18)(H,14,16). The average molecular weight is 275 g/mol. The number of carbonyl (C=O) groups excluding carboxylic acids is 1. The molecule has 2 atom stereocenters. The van der Waals surface area contributed by atoms with Gasteiger partial charge in [0.25, 0.3) is 0 Å². The van der Waals surface area contributed by atoms with Gasteiger partial charge in [-0.3, -0.25) is 9.69 Å². The molecule has 0 radical (unpaired) electrons. The quantitative estimate of drug-likeness (QED) is 0.474. The molecule has 0 saturated heterocycles. The molecule has 0 rings (SSSR count). The van der Waals surface area contributed by atoms with Crippen LogP contribution in [-0.2, 0) is 9.53 Å². The third kappa shape index (κ3) is 6.88. The number of ether oxygens (including phenoxy) is 1. The van der Waals surface area contributed by atoms with Crippen molar-refractivity contribution in [3.8, 4) is 0 Å². The molecule has 0 heterocycles. The van der Waals surface area contributed by atoms with Crippen molar-refractivity contribution >= 4 is 23.1 Å². The minimum atomic E-state index is -0.197. The summed E-state index contributed by atoms with van der Waals surface area (Å²) in [5.74, 6) is 0.0170. The second kappa shape index (κ2) is 9.24. The molecule has 0 spiro atoms. The van der Waals surface area contributed by atoms with E-state index in [0.717, 1.165) is 6.42 Å². The summed E-state index contributed by atoms with van der Waals surface area (Å²) in [7, 11) is 3.55. The largest absolute Gasteiger partial charge is 0.393 e. The van der Waals surface area contributed by atoms with E-state index in [1.807, 2.05) is 25.8 Å². The maximum atomic E-state index is 11.9. The Balaban J connectivity index is 4.06. The molecule has 3 N–H and O–H groups in total. The van der Waals surface area contributed by atoms with Crippen molar-refractivity contribution in [2.45, 2.75) is 38.8 Å². The van der Waals surface area contributed by atoms with Crippen LogP contribution >= 0.6 is 12.2 Å². The molecule has 106 valence electrons. The summed E-state index contributed by atoms with van der Waals surface area (Å²) in [6.45, 7) is 5.17. The van der Waals surface area contributed by atoms with Crippen molar-refractivity contribution in [3.05, 3.63) is 0 Å². The summed E-state index contributed by atoms with van der Waals surface area (Å²) in [5.41, 5.74) is 5.51. The number of methoxy groups -OCH3 is 1. The molecule has 0 aromatic heterocycles. The van der Waals surface area contributed by atoms with Gasteiger partial charge in [0, 0.05) is 32.7 Å². The molecule has 0 fully saturated rings. The minimum Gasteiger partial charge on any atom is -0.393 e. The molecule has 0 aromatic rings. The van der Waals surface area contributed by atoms with E-state index in [1.54, 1.807) is 7.11 Å². The molecule has 5 nitrogen and oxygen atoms in total. The van der Waals surface area contributed by atoms with Crippen molar-refractivity contribution < 1.29 is 9.53 Å². The zero-order chi connectivity index (χ0) is 14.1. The molecule has 6 heteroatoms. The monoisotopic (exact) mass is 275 g/mol. The predicted octanol–water partition coefficient (Wildman–Crippen LogP) is 0.524. The first-order chi connectivity index (χ1) is 8.40. The smallest absolute Gasteiger partial charge is 0.237 e. The van der Waals surface area contributed by atoms with Gasteiger partial charge in [0.1, 0.15) is 0 Å². The predicted molar refractivity (Wildman–Crippen MR) is 77.6 cm³/mol. The number of nitrogens with two attached hydrogens (primary N) is 1. The lowest BCUT2D eigenvalue weighted by Crippen LogP contribution is -2.47. The Kier molecular flexibility index (Phi) is 8.87. The molecule has 0 saturated carbocycles. The minimum absolute atomic E-state index is 0.0170. The molecule has 18 heavy (non-hydrogen) atoms. The van der Waals surface area contributed by atoms with Crippen LogP contribution in [0.15, 0.2) is 0 Å². The van der Waals surface area contributed by atoms with E-state index in [-0.39, 0.29) is 18.0 Å². The van der Waals surface area contributed by atoms with E-state index in [2.05, 4.69) is 5.32 Å². The Hall–Kier alpha value is -0.720. The summed E-state index contributed by atoms with van der Waals surface area (Å²) in [4.78, 5) is 14.3. The fraction of sp³-hybridized carbons (Fsp3) is 0.833. The van der Waals surface area contributed by atoms with Crippen LogP contribution in [0.25, 0.3) is 0 Å². The highest BCUT2D eigenvalue weighted by Gasteiger charge is 2.22. The number of amides is 1. The Bertz CT molecular complexity index is 274. The second-order valence-corrected chi connectivity index (χ2v) is 5.02. The van der Waals surface area contributed by atoms with Gasteiger partial charge in [0.05, 0.1) is 11.0 Å². The van der Waals surface area contributed by atoms with Crippen molar-refractivity contribution in [1.82, 2.24) is 10.2 Å². The third-order valence-electron chi connectivity index (χ3n) is 3.01. The molecule has 1 amide bonds. The molecule has 0 aliphatic carbocycles. The van der Waals surface area contributed by atoms with Gasteiger partial charge < -0.3 is 15.8 Å². The summed E-state index contributed by atoms with van der Waals surface area (Å²) in [5, 5.41) is 2.88. The topological polar surface area (TPSA) is 67.6 Å². The molecule has 2 unspecified atom stereocenters. The van der Waals surface area contributed by atoms with E-state index >= 15 is 0 Å². The van der Waals surface area contributed by atoms with Gasteiger partial charge in [-0.15, -0.1) is 0 Å². The van der Waals surface area contributed by atoms with Crippen LogP contribution in [0.5, 0.6) is 0 Å². The second-order valence-electron chi connectivity index (χ2n) is 4.50. The van der Waals surface area contributed by atoms with E-state index in [1.165, 1.54) is 0 Å². The zero-order valence-electron chi connectivity index (χ0n) is 11.7. The van der Waals surface area contributed by atoms with Gasteiger partial charge >= 0.3 is 0 Å². The number of hydrogen-bond acceptors (Lipinski definition) is 4. The van der Waals surface area contributed by atoms with Crippen LogP contribution in [0.2, 0.25) is 0 Å². The third-order valence-corrected chi connectivity index (χ3v) is 3.17. The summed E-state index contributed by atoms with van der Waals surface area (Å²) >= 11 is 4.88. The Morgan fingerprint density at radius 1 is 1.50 bits per heavy atom. The molecule has 0 aliphatic rings. The average Bonchev–Trinajstić information content (AvgIpc) is 2.31. The lowest BCUT2D eigenvalue weighted by molar-refractivity contribution is -0.126. The van der Waals surface area contributed by atoms with Crippen LogP contribution in [0.3, 0.4) is 0 Å². The first-order valence-electron chi connectivity index (χ1n) is 6.17. The normalized spacial score (nSPS) is 14.3. The highest BCUT2D eigenvalue weighted by molar-refractivity contribution is 7.80. The molecular weight excluding hydrogens is 250 g/mol. The SMILES string of the molecule is COCCCNC(=O)C(C)N(C)C(C)CC(N)=S. The van der Waals surface area contributed by atoms with Crippen LogP contribution < -0.4 is 11.1 Å². The lowest BCUT2D eigenvalue weighted by Gasteiger charge is -2.29. The van der Waals surface area contributed by atoms with E-state index in [0.29, 0.717) is 24.6 Å². The number of nitrogens with one attached hydrogen (secondary N) is 1. The van der Waals surface area contributed by atoms with Gasteiger partial charge in [0.15, 0.2) is 0 Å². The van der Waals surface area contributed by atoms with Crippen LogP contribution in [0.4, 0.5) is 0 Å². The number of rotatable bonds is 9. The highest BCUT2D eigenvalue weighted by atomic mass is 32.1. The number of thiocarbonyl (C=S) groups is 1. The van der Waals surface area contributed by atoms with Crippen LogP contribution in [0.1, 0.15) is 26.7 Å².